The van der Waals surface area contributed by atoms with Crippen LogP contribution < -0.4 is 11.1 Å². The second kappa shape index (κ2) is 7.96. The van der Waals surface area contributed by atoms with Gasteiger partial charge in [0.25, 0.3) is 0 Å². The number of nitrogens with one attached hydrogen (secondary N) is 1. The fourth-order valence-corrected chi connectivity index (χ4v) is 1.88. The minimum atomic E-state index is -0.381. The summed E-state index contributed by atoms with van der Waals surface area (Å²) < 4.78 is 1.82. The number of halogens is 1. The lowest BCUT2D eigenvalue weighted by molar-refractivity contribution is -0.121. The van der Waals surface area contributed by atoms with Gasteiger partial charge in [-0.2, -0.15) is 5.10 Å². The number of aromatic nitrogens is 2. The van der Waals surface area contributed by atoms with Gasteiger partial charge in [-0.25, -0.2) is 4.68 Å². The zero-order valence-corrected chi connectivity index (χ0v) is 13.8. The number of nitrogens with two attached hydrogens (primary N) is 1. The topological polar surface area (TPSA) is 72.9 Å². The number of rotatable bonds is 6. The molecule has 0 radical (unpaired) electrons. The number of carbonyl (C=O) groups is 1. The summed E-state index contributed by atoms with van der Waals surface area (Å²) in [5.74, 6) is 0.0148. The van der Waals surface area contributed by atoms with Crippen LogP contribution in [0.25, 0.3) is 5.69 Å². The maximum atomic E-state index is 11.7. The van der Waals surface area contributed by atoms with Gasteiger partial charge in [0.2, 0.25) is 5.91 Å². The molecule has 2 rings (SSSR count). The van der Waals surface area contributed by atoms with Gasteiger partial charge in [-0.05, 0) is 38.0 Å². The molecule has 0 aliphatic heterocycles. The van der Waals surface area contributed by atoms with Crippen molar-refractivity contribution in [3.63, 3.8) is 0 Å². The highest BCUT2D eigenvalue weighted by Crippen LogP contribution is 2.09. The van der Waals surface area contributed by atoms with Gasteiger partial charge >= 0.3 is 0 Å². The van der Waals surface area contributed by atoms with E-state index in [-0.39, 0.29) is 23.9 Å². The lowest BCUT2D eigenvalue weighted by Gasteiger charge is -2.18. The Morgan fingerprint density at radius 1 is 1.32 bits per heavy atom. The molecule has 1 heterocycles. The molecule has 0 atom stereocenters. The molecule has 0 aliphatic carbocycles. The third-order valence-corrected chi connectivity index (χ3v) is 3.04. The van der Waals surface area contributed by atoms with E-state index in [2.05, 4.69) is 10.4 Å². The SMILES string of the molecule is CC(C)(N)CNC(=O)CCc1cnn(-c2ccccc2)c1.Cl. The van der Waals surface area contributed by atoms with Crippen LogP contribution in [-0.2, 0) is 11.2 Å². The van der Waals surface area contributed by atoms with E-state index in [4.69, 9.17) is 5.73 Å². The number of carbonyl (C=O) groups excluding carboxylic acids is 1. The monoisotopic (exact) mass is 322 g/mol. The Kier molecular flexibility index (Phi) is 6.59. The molecule has 1 aromatic carbocycles. The molecular formula is C16H23ClN4O. The molecule has 1 aromatic heterocycles. The second-order valence-electron chi connectivity index (χ2n) is 5.89. The minimum absolute atomic E-state index is 0. The van der Waals surface area contributed by atoms with Gasteiger partial charge < -0.3 is 11.1 Å². The number of hydrogen-bond donors (Lipinski definition) is 2. The van der Waals surface area contributed by atoms with Crippen LogP contribution in [0.4, 0.5) is 0 Å². The lowest BCUT2D eigenvalue weighted by Crippen LogP contribution is -2.45. The van der Waals surface area contributed by atoms with Crippen molar-refractivity contribution < 1.29 is 4.79 Å². The molecule has 3 N–H and O–H groups in total. The summed E-state index contributed by atoms with van der Waals surface area (Å²) in [4.78, 5) is 11.7. The summed E-state index contributed by atoms with van der Waals surface area (Å²) >= 11 is 0. The van der Waals surface area contributed by atoms with E-state index in [1.807, 2.05) is 55.1 Å². The summed E-state index contributed by atoms with van der Waals surface area (Å²) in [5.41, 5.74) is 7.50. The molecule has 1 amide bonds. The Morgan fingerprint density at radius 3 is 2.64 bits per heavy atom. The van der Waals surface area contributed by atoms with Gasteiger partial charge in [-0.1, -0.05) is 18.2 Å². The summed E-state index contributed by atoms with van der Waals surface area (Å²) in [5, 5.41) is 7.15. The normalized spacial score (nSPS) is 10.9. The number of hydrogen-bond acceptors (Lipinski definition) is 3. The molecule has 0 aliphatic rings. The average Bonchev–Trinajstić information content (AvgIpc) is 2.92. The molecule has 0 unspecified atom stereocenters. The molecule has 22 heavy (non-hydrogen) atoms. The molecule has 5 nitrogen and oxygen atoms in total. The Hall–Kier alpha value is -1.85. The van der Waals surface area contributed by atoms with Crippen molar-refractivity contribution in [3.8, 4) is 5.69 Å². The van der Waals surface area contributed by atoms with Crippen molar-refractivity contribution in [2.24, 2.45) is 5.73 Å². The first-order chi connectivity index (χ1) is 9.94. The summed E-state index contributed by atoms with van der Waals surface area (Å²) in [6, 6.07) is 9.90. The summed E-state index contributed by atoms with van der Waals surface area (Å²) in [7, 11) is 0. The van der Waals surface area contributed by atoms with Crippen LogP contribution in [0.5, 0.6) is 0 Å². The quantitative estimate of drug-likeness (QED) is 0.855. The van der Waals surface area contributed by atoms with Crippen molar-refractivity contribution in [1.82, 2.24) is 15.1 Å². The molecule has 0 saturated heterocycles. The maximum absolute atomic E-state index is 11.7. The highest BCUT2D eigenvalue weighted by molar-refractivity contribution is 5.85. The Balaban J connectivity index is 0.00000242. The Morgan fingerprint density at radius 2 is 2.00 bits per heavy atom. The van der Waals surface area contributed by atoms with Crippen molar-refractivity contribution >= 4 is 18.3 Å². The number of para-hydroxylation sites is 1. The van der Waals surface area contributed by atoms with Gasteiger partial charge in [-0.3, -0.25) is 4.79 Å². The molecule has 0 spiro atoms. The third kappa shape index (κ3) is 5.87. The van der Waals surface area contributed by atoms with E-state index in [1.165, 1.54) is 0 Å². The number of amides is 1. The lowest BCUT2D eigenvalue weighted by atomic mass is 10.1. The van der Waals surface area contributed by atoms with Crippen LogP contribution in [-0.4, -0.2) is 27.8 Å². The molecule has 6 heteroatoms. The van der Waals surface area contributed by atoms with Gasteiger partial charge in [-0.15, -0.1) is 12.4 Å². The van der Waals surface area contributed by atoms with Crippen LogP contribution in [0.15, 0.2) is 42.7 Å². The molecule has 0 fully saturated rings. The van der Waals surface area contributed by atoms with Crippen molar-refractivity contribution in [2.75, 3.05) is 6.54 Å². The molecule has 2 aromatic rings. The predicted octanol–water partition coefficient (Wildman–Crippen LogP) is 2.08. The van der Waals surface area contributed by atoms with E-state index in [1.54, 1.807) is 6.20 Å². The van der Waals surface area contributed by atoms with Gasteiger partial charge in [0.1, 0.15) is 0 Å². The highest BCUT2D eigenvalue weighted by atomic mass is 35.5. The molecule has 0 bridgehead atoms. The number of benzene rings is 1. The molecule has 0 saturated carbocycles. The third-order valence-electron chi connectivity index (χ3n) is 3.04. The van der Waals surface area contributed by atoms with E-state index in [0.717, 1.165) is 11.3 Å². The fraction of sp³-hybridized carbons (Fsp3) is 0.375. The summed E-state index contributed by atoms with van der Waals surface area (Å²) in [6.45, 7) is 4.25. The first kappa shape index (κ1) is 18.2. The number of nitrogens with zero attached hydrogens (tertiary/aromatic N) is 2. The van der Waals surface area contributed by atoms with Crippen molar-refractivity contribution in [3.05, 3.63) is 48.3 Å². The van der Waals surface area contributed by atoms with Crippen LogP contribution in [0.1, 0.15) is 25.8 Å². The van der Waals surface area contributed by atoms with Crippen molar-refractivity contribution in [1.29, 1.82) is 0 Å². The van der Waals surface area contributed by atoms with E-state index in [9.17, 15) is 4.79 Å². The average molecular weight is 323 g/mol. The van der Waals surface area contributed by atoms with Crippen molar-refractivity contribution in [2.45, 2.75) is 32.2 Å². The van der Waals surface area contributed by atoms with Crippen LogP contribution in [0.2, 0.25) is 0 Å². The largest absolute Gasteiger partial charge is 0.354 e. The van der Waals surface area contributed by atoms with E-state index in [0.29, 0.717) is 19.4 Å². The predicted molar refractivity (Wildman–Crippen MR) is 90.4 cm³/mol. The van der Waals surface area contributed by atoms with Gasteiger partial charge in [0, 0.05) is 24.7 Å². The van der Waals surface area contributed by atoms with E-state index >= 15 is 0 Å². The number of aryl methyl sites for hydroxylation is 1. The molecular weight excluding hydrogens is 300 g/mol. The standard InChI is InChI=1S/C16H22N4O.ClH/c1-16(2,17)12-18-15(21)9-8-13-10-19-20(11-13)14-6-4-3-5-7-14;/h3-7,10-11H,8-9,12,17H2,1-2H3,(H,18,21);1H. The zero-order valence-electron chi connectivity index (χ0n) is 13.0. The Bertz CT molecular complexity index is 590. The van der Waals surface area contributed by atoms with Crippen LogP contribution in [0.3, 0.4) is 0 Å². The van der Waals surface area contributed by atoms with Gasteiger partial charge in [0.05, 0.1) is 11.9 Å². The summed E-state index contributed by atoms with van der Waals surface area (Å²) in [6.07, 6.45) is 4.86. The van der Waals surface area contributed by atoms with Crippen LogP contribution >= 0.6 is 12.4 Å². The van der Waals surface area contributed by atoms with Gasteiger partial charge in [0.15, 0.2) is 0 Å². The fourth-order valence-electron chi connectivity index (χ4n) is 1.88. The Labute approximate surface area is 137 Å². The zero-order chi connectivity index (χ0) is 15.3. The first-order valence-corrected chi connectivity index (χ1v) is 7.09. The first-order valence-electron chi connectivity index (χ1n) is 7.09. The maximum Gasteiger partial charge on any atom is 0.220 e. The highest BCUT2D eigenvalue weighted by Gasteiger charge is 2.12. The van der Waals surface area contributed by atoms with Crippen LogP contribution in [0, 0.1) is 0 Å². The minimum Gasteiger partial charge on any atom is -0.354 e. The second-order valence-corrected chi connectivity index (χ2v) is 5.89. The molecule has 120 valence electrons. The smallest absolute Gasteiger partial charge is 0.220 e. The van der Waals surface area contributed by atoms with E-state index < -0.39 is 0 Å².